The van der Waals surface area contributed by atoms with Gasteiger partial charge in [0, 0.05) is 25.0 Å². The molecule has 2 heterocycles. The summed E-state index contributed by atoms with van der Waals surface area (Å²) in [5, 5.41) is 13.1. The maximum Gasteiger partial charge on any atom is 0.213 e. The van der Waals surface area contributed by atoms with Crippen molar-refractivity contribution in [3.05, 3.63) is 35.9 Å². The van der Waals surface area contributed by atoms with Crippen LogP contribution < -0.4 is 5.32 Å². The van der Waals surface area contributed by atoms with Gasteiger partial charge in [-0.2, -0.15) is 9.57 Å². The average molecular weight is 417 g/mol. The molecule has 1 aromatic carbocycles. The Hall–Kier alpha value is -1.46. The lowest BCUT2D eigenvalue weighted by Crippen LogP contribution is -2.72. The number of nitrogens with one attached hydrogen (secondary N) is 1. The van der Waals surface area contributed by atoms with Gasteiger partial charge in [0.25, 0.3) is 0 Å². The number of hydrogen-bond acceptors (Lipinski definition) is 5. The first-order valence-corrected chi connectivity index (χ1v) is 12.5. The fourth-order valence-electron chi connectivity index (χ4n) is 4.98. The van der Waals surface area contributed by atoms with Gasteiger partial charge in [0.05, 0.1) is 23.8 Å². The minimum atomic E-state index is -3.15. The summed E-state index contributed by atoms with van der Waals surface area (Å²) >= 11 is 0. The van der Waals surface area contributed by atoms with E-state index in [4.69, 9.17) is 0 Å². The Morgan fingerprint density at radius 1 is 1.21 bits per heavy atom. The Morgan fingerprint density at radius 2 is 1.90 bits per heavy atom. The Labute approximate surface area is 174 Å². The molecule has 6 nitrogen and oxygen atoms in total. The lowest BCUT2D eigenvalue weighted by Gasteiger charge is -2.55. The Kier molecular flexibility index (Phi) is 5.99. The number of sulfonamides is 1. The molecule has 1 saturated carbocycles. The summed E-state index contributed by atoms with van der Waals surface area (Å²) in [6.45, 7) is 5.60. The van der Waals surface area contributed by atoms with Crippen molar-refractivity contribution in [3.63, 3.8) is 0 Å². The zero-order chi connectivity index (χ0) is 20.5. The van der Waals surface area contributed by atoms with E-state index in [-0.39, 0.29) is 11.3 Å². The lowest BCUT2D eigenvalue weighted by atomic mass is 9.83. The fourth-order valence-corrected chi connectivity index (χ4v) is 6.22. The summed E-state index contributed by atoms with van der Waals surface area (Å²) in [6.07, 6.45) is 3.87. The number of benzene rings is 1. The van der Waals surface area contributed by atoms with Crippen molar-refractivity contribution in [2.24, 2.45) is 5.92 Å². The van der Waals surface area contributed by atoms with Crippen molar-refractivity contribution in [3.8, 4) is 6.07 Å². The average Bonchev–Trinajstić information content (AvgIpc) is 3.49. The molecule has 1 aromatic rings. The second-order valence-corrected chi connectivity index (χ2v) is 11.2. The Bertz CT molecular complexity index is 837. The summed E-state index contributed by atoms with van der Waals surface area (Å²) in [4.78, 5) is 2.39. The summed E-state index contributed by atoms with van der Waals surface area (Å²) in [5.74, 6) is 1.46. The SMILES string of the molecule is CCS(=O)(=O)N1CC(CC#N)(N2CCC(CN[C@@H]3C[C@H]3c3ccccc3)CC2)C1. The summed E-state index contributed by atoms with van der Waals surface area (Å²) in [5.41, 5.74) is 1.17. The maximum atomic E-state index is 12.1. The molecule has 0 spiro atoms. The molecule has 0 amide bonds. The standard InChI is InChI=1S/C22H32N4O2S/c1-2-29(27,28)26-16-22(17-26,10-11-23)25-12-8-18(9-13-25)15-24-21-14-20(21)19-6-4-3-5-7-19/h3-7,18,20-21,24H,2,8-10,12-17H2,1H3/t20-,21+/m0/s1. The molecule has 0 aromatic heterocycles. The minimum absolute atomic E-state index is 0.133. The molecule has 7 heteroatoms. The normalized spacial score (nSPS) is 27.9. The van der Waals surface area contributed by atoms with Crippen LogP contribution in [0.1, 0.15) is 44.1 Å². The highest BCUT2D eigenvalue weighted by atomic mass is 32.2. The second kappa shape index (κ2) is 8.35. The maximum absolute atomic E-state index is 12.1. The van der Waals surface area contributed by atoms with Crippen LogP contribution in [0.3, 0.4) is 0 Å². The topological polar surface area (TPSA) is 76.4 Å². The van der Waals surface area contributed by atoms with E-state index >= 15 is 0 Å². The summed E-state index contributed by atoms with van der Waals surface area (Å²) in [7, 11) is -3.15. The van der Waals surface area contributed by atoms with Crippen LogP contribution in [0.15, 0.2) is 30.3 Å². The van der Waals surface area contributed by atoms with Gasteiger partial charge in [0.15, 0.2) is 0 Å². The molecule has 0 radical (unpaired) electrons. The third-order valence-corrected chi connectivity index (χ3v) is 8.85. The lowest BCUT2D eigenvalue weighted by molar-refractivity contribution is -0.0290. The number of rotatable bonds is 8. The molecule has 2 aliphatic heterocycles. The quantitative estimate of drug-likeness (QED) is 0.703. The fraction of sp³-hybridized carbons (Fsp3) is 0.682. The highest BCUT2D eigenvalue weighted by Crippen LogP contribution is 2.41. The number of piperidine rings is 1. The zero-order valence-electron chi connectivity index (χ0n) is 17.3. The molecule has 2 saturated heterocycles. The second-order valence-electron chi connectivity index (χ2n) is 8.93. The van der Waals surface area contributed by atoms with Gasteiger partial charge >= 0.3 is 0 Å². The summed E-state index contributed by atoms with van der Waals surface area (Å²) in [6, 6.07) is 13.7. The van der Waals surface area contributed by atoms with Gasteiger partial charge in [-0.15, -0.1) is 0 Å². The van der Waals surface area contributed by atoms with Gasteiger partial charge in [-0.3, -0.25) is 4.90 Å². The predicted molar refractivity (Wildman–Crippen MR) is 114 cm³/mol. The van der Waals surface area contributed by atoms with Gasteiger partial charge in [-0.05, 0) is 57.3 Å². The molecular formula is C22H32N4O2S. The van der Waals surface area contributed by atoms with Crippen molar-refractivity contribution < 1.29 is 8.42 Å². The van der Waals surface area contributed by atoms with Gasteiger partial charge in [-0.1, -0.05) is 30.3 Å². The third-order valence-electron chi connectivity index (χ3n) is 7.08. The largest absolute Gasteiger partial charge is 0.313 e. The van der Waals surface area contributed by atoms with Crippen molar-refractivity contribution in [2.75, 3.05) is 38.5 Å². The molecule has 0 bridgehead atoms. The van der Waals surface area contributed by atoms with E-state index in [1.54, 1.807) is 11.2 Å². The first-order valence-electron chi connectivity index (χ1n) is 10.9. The molecule has 1 N–H and O–H groups in total. The summed E-state index contributed by atoms with van der Waals surface area (Å²) < 4.78 is 25.8. The third kappa shape index (κ3) is 4.36. The van der Waals surface area contributed by atoms with Gasteiger partial charge in [0.1, 0.15) is 0 Å². The molecule has 158 valence electrons. The van der Waals surface area contributed by atoms with Crippen LogP contribution in [-0.4, -0.2) is 67.7 Å². The van der Waals surface area contributed by atoms with E-state index in [2.05, 4.69) is 46.6 Å². The van der Waals surface area contributed by atoms with Crippen LogP contribution in [0.25, 0.3) is 0 Å². The number of nitriles is 1. The molecular weight excluding hydrogens is 384 g/mol. The first-order chi connectivity index (χ1) is 14.0. The minimum Gasteiger partial charge on any atom is -0.313 e. The van der Waals surface area contributed by atoms with Crippen molar-refractivity contribution in [1.82, 2.24) is 14.5 Å². The zero-order valence-corrected chi connectivity index (χ0v) is 18.1. The van der Waals surface area contributed by atoms with Crippen LogP contribution in [-0.2, 0) is 10.0 Å². The van der Waals surface area contributed by atoms with Crippen molar-refractivity contribution >= 4 is 10.0 Å². The molecule has 1 aliphatic carbocycles. The molecule has 0 unspecified atom stereocenters. The van der Waals surface area contributed by atoms with E-state index in [9.17, 15) is 13.7 Å². The molecule has 4 rings (SSSR count). The van der Waals surface area contributed by atoms with E-state index in [1.807, 2.05) is 0 Å². The number of likely N-dealkylation sites (tertiary alicyclic amines) is 1. The van der Waals surface area contributed by atoms with Gasteiger partial charge < -0.3 is 5.32 Å². The van der Waals surface area contributed by atoms with E-state index in [1.165, 1.54) is 12.0 Å². The molecule has 3 aliphatic rings. The van der Waals surface area contributed by atoms with E-state index < -0.39 is 10.0 Å². The smallest absolute Gasteiger partial charge is 0.213 e. The van der Waals surface area contributed by atoms with Gasteiger partial charge in [0.2, 0.25) is 10.0 Å². The molecule has 2 atom stereocenters. The van der Waals surface area contributed by atoms with Crippen LogP contribution in [0.5, 0.6) is 0 Å². The predicted octanol–water partition coefficient (Wildman–Crippen LogP) is 2.16. The van der Waals surface area contributed by atoms with Gasteiger partial charge in [-0.25, -0.2) is 8.42 Å². The van der Waals surface area contributed by atoms with Crippen molar-refractivity contribution in [2.45, 2.75) is 50.1 Å². The number of nitrogens with zero attached hydrogens (tertiary/aromatic N) is 3. The Balaban J connectivity index is 1.23. The molecule has 3 fully saturated rings. The monoisotopic (exact) mass is 416 g/mol. The van der Waals surface area contributed by atoms with E-state index in [0.29, 0.717) is 37.4 Å². The molecule has 29 heavy (non-hydrogen) atoms. The van der Waals surface area contributed by atoms with Crippen molar-refractivity contribution in [1.29, 1.82) is 5.26 Å². The Morgan fingerprint density at radius 3 is 2.52 bits per heavy atom. The van der Waals surface area contributed by atoms with E-state index in [0.717, 1.165) is 32.5 Å². The van der Waals surface area contributed by atoms with Crippen LogP contribution in [0.4, 0.5) is 0 Å². The van der Waals surface area contributed by atoms with Crippen LogP contribution >= 0.6 is 0 Å². The first kappa shape index (κ1) is 20.8. The van der Waals surface area contributed by atoms with Crippen LogP contribution in [0.2, 0.25) is 0 Å². The number of hydrogen-bond donors (Lipinski definition) is 1. The highest BCUT2D eigenvalue weighted by molar-refractivity contribution is 7.89. The van der Waals surface area contributed by atoms with Crippen LogP contribution in [0, 0.1) is 17.2 Å². The highest BCUT2D eigenvalue weighted by Gasteiger charge is 2.51.